The summed E-state index contributed by atoms with van der Waals surface area (Å²) in [6, 6.07) is 8.63. The predicted octanol–water partition coefficient (Wildman–Crippen LogP) is 2.59. The van der Waals surface area contributed by atoms with Crippen molar-refractivity contribution in [3.63, 3.8) is 0 Å². The third-order valence-electron chi connectivity index (χ3n) is 5.29. The van der Waals surface area contributed by atoms with E-state index < -0.39 is 0 Å². The van der Waals surface area contributed by atoms with Crippen LogP contribution in [0.1, 0.15) is 25.7 Å². The number of aliphatic hydroxyl groups excluding tert-OH is 1. The molecular weight excluding hydrogens is 316 g/mol. The average Bonchev–Trinajstić information content (AvgIpc) is 3.17. The molecule has 0 aliphatic carbocycles. The largest absolute Gasteiger partial charge is 0.393 e. The smallest absolute Gasteiger partial charge is 0.227 e. The van der Waals surface area contributed by atoms with Crippen molar-refractivity contribution in [1.29, 1.82) is 0 Å². The number of H-pyrrole nitrogens is 1. The molecule has 3 aromatic rings. The minimum Gasteiger partial charge on any atom is -0.393 e. The fraction of sp³-hybridized carbons (Fsp3) is 0.389. The van der Waals surface area contributed by atoms with Crippen molar-refractivity contribution in [3.8, 4) is 0 Å². The van der Waals surface area contributed by atoms with E-state index in [9.17, 15) is 5.11 Å². The Bertz CT molecular complexity index is 895. The molecule has 128 valence electrons. The summed E-state index contributed by atoms with van der Waals surface area (Å²) in [4.78, 5) is 11.5. The summed E-state index contributed by atoms with van der Waals surface area (Å²) < 4.78 is 0. The maximum absolute atomic E-state index is 9.99. The molecule has 2 aliphatic heterocycles. The number of aliphatic hydroxyl groups is 1. The summed E-state index contributed by atoms with van der Waals surface area (Å²) in [6.45, 7) is 0. The molecule has 4 heterocycles. The zero-order valence-electron chi connectivity index (χ0n) is 13.8. The highest BCUT2D eigenvalue weighted by molar-refractivity contribution is 5.82. The summed E-state index contributed by atoms with van der Waals surface area (Å²) in [5, 5.41) is 21.4. The molecule has 2 atom stereocenters. The molecule has 2 bridgehead atoms. The van der Waals surface area contributed by atoms with Crippen LogP contribution in [0.15, 0.2) is 36.7 Å². The lowest BCUT2D eigenvalue weighted by Gasteiger charge is -2.37. The van der Waals surface area contributed by atoms with Crippen LogP contribution in [-0.2, 0) is 0 Å². The van der Waals surface area contributed by atoms with Gasteiger partial charge < -0.3 is 15.3 Å². The zero-order chi connectivity index (χ0) is 16.8. The summed E-state index contributed by atoms with van der Waals surface area (Å²) in [5.74, 6) is 1.53. The lowest BCUT2D eigenvalue weighted by atomic mass is 10.0. The van der Waals surface area contributed by atoms with Crippen LogP contribution in [0.2, 0.25) is 0 Å². The van der Waals surface area contributed by atoms with E-state index in [4.69, 9.17) is 4.98 Å². The first kappa shape index (κ1) is 14.7. The Morgan fingerprint density at radius 1 is 1.16 bits per heavy atom. The number of anilines is 3. The minimum atomic E-state index is -0.184. The maximum Gasteiger partial charge on any atom is 0.227 e. The zero-order valence-corrected chi connectivity index (χ0v) is 13.8. The van der Waals surface area contributed by atoms with Crippen LogP contribution in [0, 0.1) is 0 Å². The molecule has 0 spiro atoms. The van der Waals surface area contributed by atoms with Crippen molar-refractivity contribution in [2.75, 3.05) is 10.2 Å². The van der Waals surface area contributed by atoms with Crippen molar-refractivity contribution in [1.82, 2.24) is 20.2 Å². The van der Waals surface area contributed by atoms with Crippen molar-refractivity contribution >= 4 is 28.4 Å². The Balaban J connectivity index is 1.41. The second kappa shape index (κ2) is 5.70. The van der Waals surface area contributed by atoms with Gasteiger partial charge in [0.1, 0.15) is 5.82 Å². The molecule has 0 amide bonds. The van der Waals surface area contributed by atoms with Gasteiger partial charge in [-0.05, 0) is 49.9 Å². The molecule has 2 aliphatic rings. The summed E-state index contributed by atoms with van der Waals surface area (Å²) in [6.07, 6.45) is 7.27. The van der Waals surface area contributed by atoms with Crippen LogP contribution in [0.25, 0.3) is 10.9 Å². The number of hydrogen-bond acceptors (Lipinski definition) is 6. The van der Waals surface area contributed by atoms with E-state index in [0.29, 0.717) is 12.1 Å². The Labute approximate surface area is 145 Å². The molecule has 25 heavy (non-hydrogen) atoms. The molecule has 7 nitrogen and oxygen atoms in total. The van der Waals surface area contributed by atoms with Crippen LogP contribution >= 0.6 is 0 Å². The number of hydrogen-bond donors (Lipinski definition) is 3. The number of nitrogens with zero attached hydrogens (tertiary/aromatic N) is 4. The van der Waals surface area contributed by atoms with Crippen LogP contribution in [0.3, 0.4) is 0 Å². The highest BCUT2D eigenvalue weighted by Crippen LogP contribution is 2.38. The molecular formula is C18H20N6O. The normalized spacial score (nSPS) is 25.5. The van der Waals surface area contributed by atoms with Crippen LogP contribution < -0.4 is 10.2 Å². The Hall–Kier alpha value is -2.67. The van der Waals surface area contributed by atoms with Crippen LogP contribution in [-0.4, -0.2) is 43.5 Å². The monoisotopic (exact) mass is 336 g/mol. The topological polar surface area (TPSA) is 90.0 Å². The van der Waals surface area contributed by atoms with Gasteiger partial charge in [0.05, 0.1) is 17.8 Å². The number of fused-ring (bicyclic) bond motifs is 3. The molecule has 2 saturated heterocycles. The number of piperidine rings is 1. The van der Waals surface area contributed by atoms with Crippen molar-refractivity contribution in [3.05, 3.63) is 36.7 Å². The second-order valence-electron chi connectivity index (χ2n) is 6.96. The molecule has 5 rings (SSSR count). The number of aromatic nitrogens is 4. The molecule has 0 radical (unpaired) electrons. The van der Waals surface area contributed by atoms with Crippen molar-refractivity contribution in [2.45, 2.75) is 43.9 Å². The fourth-order valence-electron chi connectivity index (χ4n) is 4.19. The molecule has 2 unspecified atom stereocenters. The second-order valence-corrected chi connectivity index (χ2v) is 6.96. The Kier molecular flexibility index (Phi) is 3.34. The predicted molar refractivity (Wildman–Crippen MR) is 95.9 cm³/mol. The van der Waals surface area contributed by atoms with Gasteiger partial charge in [0.15, 0.2) is 0 Å². The van der Waals surface area contributed by atoms with Gasteiger partial charge in [0.2, 0.25) is 5.95 Å². The van der Waals surface area contributed by atoms with E-state index in [0.717, 1.165) is 54.0 Å². The molecule has 3 N–H and O–H groups in total. The summed E-state index contributed by atoms with van der Waals surface area (Å²) >= 11 is 0. The first-order valence-electron chi connectivity index (χ1n) is 8.76. The van der Waals surface area contributed by atoms with E-state index in [1.807, 2.05) is 30.5 Å². The fourth-order valence-corrected chi connectivity index (χ4v) is 4.19. The third-order valence-corrected chi connectivity index (χ3v) is 5.29. The van der Waals surface area contributed by atoms with Gasteiger partial charge in [-0.25, -0.2) is 4.98 Å². The molecule has 2 aromatic heterocycles. The van der Waals surface area contributed by atoms with E-state index in [-0.39, 0.29) is 6.10 Å². The summed E-state index contributed by atoms with van der Waals surface area (Å²) in [5.41, 5.74) is 1.98. The SMILES string of the molecule is OC1CC2CCC(C1)N2c1nccc(Nc2ccc3[nH]ncc3c2)n1. The van der Waals surface area contributed by atoms with E-state index >= 15 is 0 Å². The van der Waals surface area contributed by atoms with Crippen LogP contribution in [0.5, 0.6) is 0 Å². The van der Waals surface area contributed by atoms with Gasteiger partial charge in [-0.3, -0.25) is 5.10 Å². The van der Waals surface area contributed by atoms with Gasteiger partial charge >= 0.3 is 0 Å². The number of benzene rings is 1. The molecule has 0 saturated carbocycles. The molecule has 2 fully saturated rings. The maximum atomic E-state index is 9.99. The molecule has 1 aromatic carbocycles. The molecule has 7 heteroatoms. The third kappa shape index (κ3) is 2.60. The minimum absolute atomic E-state index is 0.184. The highest BCUT2D eigenvalue weighted by Gasteiger charge is 2.41. The van der Waals surface area contributed by atoms with E-state index in [1.165, 1.54) is 0 Å². The quantitative estimate of drug-likeness (QED) is 0.681. The van der Waals surface area contributed by atoms with Gasteiger partial charge in [-0.15, -0.1) is 0 Å². The Morgan fingerprint density at radius 2 is 2.00 bits per heavy atom. The lowest BCUT2D eigenvalue weighted by Crippen LogP contribution is -2.45. The van der Waals surface area contributed by atoms with Gasteiger partial charge in [-0.1, -0.05) is 0 Å². The van der Waals surface area contributed by atoms with Crippen LogP contribution in [0.4, 0.5) is 17.5 Å². The Morgan fingerprint density at radius 3 is 2.84 bits per heavy atom. The number of aromatic amines is 1. The van der Waals surface area contributed by atoms with Crippen molar-refractivity contribution < 1.29 is 5.11 Å². The first-order valence-corrected chi connectivity index (χ1v) is 8.76. The van der Waals surface area contributed by atoms with Gasteiger partial charge in [0.25, 0.3) is 0 Å². The average molecular weight is 336 g/mol. The summed E-state index contributed by atoms with van der Waals surface area (Å²) in [7, 11) is 0. The van der Waals surface area contributed by atoms with Gasteiger partial charge in [-0.2, -0.15) is 10.1 Å². The standard InChI is InChI=1S/C18H20N6O/c25-15-8-13-2-3-14(9-15)24(13)18-19-6-5-17(22-18)21-12-1-4-16-11(7-12)10-20-23-16/h1,4-7,10,13-15,25H,2-3,8-9H2,(H,20,23)(H,19,21,22). The first-order chi connectivity index (χ1) is 12.3. The van der Waals surface area contributed by atoms with Gasteiger partial charge in [0, 0.05) is 29.4 Å². The number of nitrogens with one attached hydrogen (secondary N) is 2. The van der Waals surface area contributed by atoms with Crippen molar-refractivity contribution in [2.24, 2.45) is 0 Å². The van der Waals surface area contributed by atoms with E-state index in [1.54, 1.807) is 6.20 Å². The van der Waals surface area contributed by atoms with E-state index in [2.05, 4.69) is 25.4 Å². The highest BCUT2D eigenvalue weighted by atomic mass is 16.3. The number of rotatable bonds is 3. The lowest BCUT2D eigenvalue weighted by molar-refractivity contribution is 0.125.